The van der Waals surface area contributed by atoms with Crippen LogP contribution in [0.15, 0.2) is 18.2 Å². The number of aryl methyl sites for hydroxylation is 1. The summed E-state index contributed by atoms with van der Waals surface area (Å²) in [7, 11) is 3.80. The SMILES string of the molecule is CCN(CC)C1CCc2ccc(OC)cc2C1NC. The molecule has 1 aromatic rings. The van der Waals surface area contributed by atoms with Gasteiger partial charge < -0.3 is 10.1 Å². The van der Waals surface area contributed by atoms with Crippen molar-refractivity contribution in [1.29, 1.82) is 0 Å². The van der Waals surface area contributed by atoms with E-state index in [9.17, 15) is 0 Å². The van der Waals surface area contributed by atoms with Gasteiger partial charge in [-0.1, -0.05) is 19.9 Å². The molecule has 106 valence electrons. The summed E-state index contributed by atoms with van der Waals surface area (Å²) in [6.07, 6.45) is 2.39. The molecule has 0 aliphatic heterocycles. The average Bonchev–Trinajstić information content (AvgIpc) is 2.47. The van der Waals surface area contributed by atoms with E-state index in [-0.39, 0.29) is 0 Å². The molecule has 1 aliphatic rings. The van der Waals surface area contributed by atoms with Crippen LogP contribution in [0.2, 0.25) is 0 Å². The fourth-order valence-corrected chi connectivity index (χ4v) is 3.33. The van der Waals surface area contributed by atoms with Crippen LogP contribution >= 0.6 is 0 Å². The third kappa shape index (κ3) is 2.77. The summed E-state index contributed by atoms with van der Waals surface area (Å²) in [5, 5.41) is 3.51. The molecule has 2 rings (SSSR count). The van der Waals surface area contributed by atoms with Crippen LogP contribution in [0.25, 0.3) is 0 Å². The second-order valence-corrected chi connectivity index (χ2v) is 5.16. The molecule has 0 saturated heterocycles. The zero-order valence-electron chi connectivity index (χ0n) is 12.6. The van der Waals surface area contributed by atoms with Crippen molar-refractivity contribution in [1.82, 2.24) is 10.2 Å². The van der Waals surface area contributed by atoms with Crippen LogP contribution in [0.3, 0.4) is 0 Å². The Morgan fingerprint density at radius 2 is 2.05 bits per heavy atom. The molecule has 0 saturated carbocycles. The quantitative estimate of drug-likeness (QED) is 0.883. The number of likely N-dealkylation sites (N-methyl/N-ethyl adjacent to an activating group) is 2. The summed E-state index contributed by atoms with van der Waals surface area (Å²) in [6.45, 7) is 6.71. The lowest BCUT2D eigenvalue weighted by molar-refractivity contribution is 0.158. The van der Waals surface area contributed by atoms with Gasteiger partial charge in [0.1, 0.15) is 5.75 Å². The largest absolute Gasteiger partial charge is 0.497 e. The predicted octanol–water partition coefficient (Wildman–Crippen LogP) is 2.61. The number of hydrogen-bond donors (Lipinski definition) is 1. The molecule has 0 radical (unpaired) electrons. The van der Waals surface area contributed by atoms with Crippen molar-refractivity contribution >= 4 is 0 Å². The van der Waals surface area contributed by atoms with Crippen molar-refractivity contribution in [2.45, 2.75) is 38.8 Å². The Bertz CT molecular complexity index is 415. The van der Waals surface area contributed by atoms with E-state index in [1.54, 1.807) is 7.11 Å². The second-order valence-electron chi connectivity index (χ2n) is 5.16. The Hall–Kier alpha value is -1.06. The van der Waals surface area contributed by atoms with E-state index in [0.29, 0.717) is 12.1 Å². The number of nitrogens with zero attached hydrogens (tertiary/aromatic N) is 1. The maximum atomic E-state index is 5.38. The Morgan fingerprint density at radius 1 is 1.32 bits per heavy atom. The van der Waals surface area contributed by atoms with Gasteiger partial charge in [0.05, 0.1) is 7.11 Å². The zero-order chi connectivity index (χ0) is 13.8. The Balaban J connectivity index is 2.34. The van der Waals surface area contributed by atoms with Gasteiger partial charge in [-0.25, -0.2) is 0 Å². The molecule has 0 aromatic heterocycles. The van der Waals surface area contributed by atoms with Gasteiger partial charge in [-0.05, 0) is 56.2 Å². The first-order valence-corrected chi connectivity index (χ1v) is 7.33. The first-order chi connectivity index (χ1) is 9.24. The van der Waals surface area contributed by atoms with E-state index in [4.69, 9.17) is 4.74 Å². The third-order valence-electron chi connectivity index (χ3n) is 4.37. The molecule has 3 nitrogen and oxygen atoms in total. The highest BCUT2D eigenvalue weighted by Gasteiger charge is 2.31. The van der Waals surface area contributed by atoms with Crippen molar-refractivity contribution in [3.8, 4) is 5.75 Å². The zero-order valence-corrected chi connectivity index (χ0v) is 12.6. The van der Waals surface area contributed by atoms with Crippen LogP contribution in [0, 0.1) is 0 Å². The molecule has 2 atom stereocenters. The molecule has 3 heteroatoms. The number of fused-ring (bicyclic) bond motifs is 1. The van der Waals surface area contributed by atoms with Gasteiger partial charge in [0.25, 0.3) is 0 Å². The molecule has 1 aromatic carbocycles. The smallest absolute Gasteiger partial charge is 0.119 e. The first-order valence-electron chi connectivity index (χ1n) is 7.33. The molecule has 19 heavy (non-hydrogen) atoms. The molecule has 0 fully saturated rings. The van der Waals surface area contributed by atoms with Crippen LogP contribution in [-0.2, 0) is 6.42 Å². The molecule has 0 heterocycles. The van der Waals surface area contributed by atoms with Gasteiger partial charge in [0.2, 0.25) is 0 Å². The fraction of sp³-hybridized carbons (Fsp3) is 0.625. The normalized spacial score (nSPS) is 22.4. The lowest BCUT2D eigenvalue weighted by atomic mass is 9.83. The van der Waals surface area contributed by atoms with Crippen molar-refractivity contribution < 1.29 is 4.74 Å². The van der Waals surface area contributed by atoms with Crippen LogP contribution < -0.4 is 10.1 Å². The summed E-state index contributed by atoms with van der Waals surface area (Å²) < 4.78 is 5.38. The molecule has 0 spiro atoms. The van der Waals surface area contributed by atoms with E-state index < -0.39 is 0 Å². The van der Waals surface area contributed by atoms with Gasteiger partial charge in [-0.2, -0.15) is 0 Å². The monoisotopic (exact) mass is 262 g/mol. The Kier molecular flexibility index (Phi) is 4.83. The van der Waals surface area contributed by atoms with E-state index in [0.717, 1.165) is 18.8 Å². The number of rotatable bonds is 5. The maximum Gasteiger partial charge on any atom is 0.119 e. The number of benzene rings is 1. The van der Waals surface area contributed by atoms with Gasteiger partial charge in [0, 0.05) is 12.1 Å². The van der Waals surface area contributed by atoms with E-state index >= 15 is 0 Å². The lowest BCUT2D eigenvalue weighted by Gasteiger charge is -2.40. The highest BCUT2D eigenvalue weighted by molar-refractivity contribution is 5.40. The number of ether oxygens (including phenoxy) is 1. The molecule has 0 amide bonds. The van der Waals surface area contributed by atoms with E-state index in [2.05, 4.69) is 49.3 Å². The van der Waals surface area contributed by atoms with Crippen LogP contribution in [0.5, 0.6) is 5.75 Å². The maximum absolute atomic E-state index is 5.38. The van der Waals surface area contributed by atoms with Crippen molar-refractivity contribution in [2.24, 2.45) is 0 Å². The lowest BCUT2D eigenvalue weighted by Crippen LogP contribution is -2.46. The van der Waals surface area contributed by atoms with Crippen molar-refractivity contribution in [3.05, 3.63) is 29.3 Å². The fourth-order valence-electron chi connectivity index (χ4n) is 3.33. The summed E-state index contributed by atoms with van der Waals surface area (Å²) >= 11 is 0. The standard InChI is InChI=1S/C16H26N2O/c1-5-18(6-2)15-10-8-12-7-9-13(19-4)11-14(12)16(15)17-3/h7,9,11,15-17H,5-6,8,10H2,1-4H3. The Morgan fingerprint density at radius 3 is 2.63 bits per heavy atom. The minimum absolute atomic E-state index is 0.402. The number of nitrogens with one attached hydrogen (secondary N) is 1. The van der Waals surface area contributed by atoms with Gasteiger partial charge in [-0.15, -0.1) is 0 Å². The van der Waals surface area contributed by atoms with Gasteiger partial charge >= 0.3 is 0 Å². The van der Waals surface area contributed by atoms with Crippen LogP contribution in [0.4, 0.5) is 0 Å². The summed E-state index contributed by atoms with van der Waals surface area (Å²) in [6, 6.07) is 7.48. The van der Waals surface area contributed by atoms with Gasteiger partial charge in [0.15, 0.2) is 0 Å². The topological polar surface area (TPSA) is 24.5 Å². The molecular weight excluding hydrogens is 236 g/mol. The second kappa shape index (κ2) is 6.40. The Labute approximate surface area is 116 Å². The third-order valence-corrected chi connectivity index (χ3v) is 4.37. The predicted molar refractivity (Wildman–Crippen MR) is 79.8 cm³/mol. The number of hydrogen-bond acceptors (Lipinski definition) is 3. The van der Waals surface area contributed by atoms with Crippen LogP contribution in [0.1, 0.15) is 37.4 Å². The molecule has 1 N–H and O–H groups in total. The average molecular weight is 262 g/mol. The van der Waals surface area contributed by atoms with Crippen molar-refractivity contribution in [2.75, 3.05) is 27.2 Å². The highest BCUT2D eigenvalue weighted by Crippen LogP contribution is 2.34. The minimum atomic E-state index is 0.402. The van der Waals surface area contributed by atoms with Gasteiger partial charge in [-0.3, -0.25) is 4.90 Å². The summed E-state index contributed by atoms with van der Waals surface area (Å²) in [4.78, 5) is 2.56. The first kappa shape index (κ1) is 14.4. The summed E-state index contributed by atoms with van der Waals surface area (Å²) in [5.74, 6) is 0.958. The highest BCUT2D eigenvalue weighted by atomic mass is 16.5. The summed E-state index contributed by atoms with van der Waals surface area (Å²) in [5.41, 5.74) is 2.87. The molecule has 2 unspecified atom stereocenters. The minimum Gasteiger partial charge on any atom is -0.497 e. The van der Waals surface area contributed by atoms with Crippen molar-refractivity contribution in [3.63, 3.8) is 0 Å². The van der Waals surface area contributed by atoms with E-state index in [1.807, 2.05) is 0 Å². The molecule has 0 bridgehead atoms. The van der Waals surface area contributed by atoms with Crippen LogP contribution in [-0.4, -0.2) is 38.2 Å². The molecular formula is C16H26N2O. The molecule has 1 aliphatic carbocycles. The van der Waals surface area contributed by atoms with E-state index in [1.165, 1.54) is 24.0 Å². The number of methoxy groups -OCH3 is 1.